The number of rotatable bonds is 7. The quantitative estimate of drug-likeness (QED) is 0.659. The zero-order valence-electron chi connectivity index (χ0n) is 14.9. The first-order valence-corrected chi connectivity index (χ1v) is 8.57. The van der Waals surface area contributed by atoms with Gasteiger partial charge >= 0.3 is 0 Å². The van der Waals surface area contributed by atoms with Gasteiger partial charge in [-0.15, -0.1) is 10.2 Å². The number of aromatic nitrogens is 2. The monoisotopic (exact) mass is 387 g/mol. The Bertz CT molecular complexity index is 925. The number of hydrogen-bond acceptors (Lipinski definition) is 6. The summed E-state index contributed by atoms with van der Waals surface area (Å²) in [5.74, 6) is 1.74. The minimum Gasteiger partial charge on any atom is -0.497 e. The van der Waals surface area contributed by atoms with Gasteiger partial charge in [-0.1, -0.05) is 11.6 Å². The van der Waals surface area contributed by atoms with Crippen molar-refractivity contribution in [2.75, 3.05) is 19.5 Å². The number of ether oxygens (including phenoxy) is 2. The third-order valence-corrected chi connectivity index (χ3v) is 4.06. The molecular formula is C19H18ClN3O4. The van der Waals surface area contributed by atoms with E-state index >= 15 is 0 Å². The summed E-state index contributed by atoms with van der Waals surface area (Å²) in [4.78, 5) is 12.3. The van der Waals surface area contributed by atoms with E-state index in [4.69, 9.17) is 25.5 Å². The molecule has 3 rings (SSSR count). The Balaban J connectivity index is 1.61. The molecule has 27 heavy (non-hydrogen) atoms. The predicted molar refractivity (Wildman–Crippen MR) is 101 cm³/mol. The normalized spacial score (nSPS) is 10.5. The standard InChI is InChI=1S/C19H18ClN3O4/c1-25-14-7-8-16(26-2)15(11-14)21-17(24)9-10-18-22-23-19(27-18)12-3-5-13(20)6-4-12/h3-8,11H,9-10H2,1-2H3,(H,21,24). The molecular weight excluding hydrogens is 370 g/mol. The van der Waals surface area contributed by atoms with Crippen LogP contribution in [0, 0.1) is 0 Å². The lowest BCUT2D eigenvalue weighted by atomic mass is 10.2. The summed E-state index contributed by atoms with van der Waals surface area (Å²) in [6, 6.07) is 12.3. The number of benzene rings is 2. The summed E-state index contributed by atoms with van der Waals surface area (Å²) >= 11 is 5.87. The van der Waals surface area contributed by atoms with E-state index in [9.17, 15) is 4.79 Å². The van der Waals surface area contributed by atoms with E-state index in [0.717, 1.165) is 5.56 Å². The molecule has 0 aliphatic heterocycles. The van der Waals surface area contributed by atoms with Gasteiger partial charge in [-0.05, 0) is 36.4 Å². The number of nitrogens with zero attached hydrogens (tertiary/aromatic N) is 2. The Morgan fingerprint density at radius 1 is 1.11 bits per heavy atom. The minimum absolute atomic E-state index is 0.183. The van der Waals surface area contributed by atoms with Crippen LogP contribution in [-0.2, 0) is 11.2 Å². The van der Waals surface area contributed by atoms with Gasteiger partial charge in [0, 0.05) is 29.5 Å². The molecule has 0 aliphatic carbocycles. The van der Waals surface area contributed by atoms with E-state index in [-0.39, 0.29) is 12.3 Å². The van der Waals surface area contributed by atoms with Crippen LogP contribution in [0.5, 0.6) is 11.5 Å². The number of anilines is 1. The second-order valence-corrected chi connectivity index (χ2v) is 6.06. The predicted octanol–water partition coefficient (Wildman–Crippen LogP) is 3.98. The van der Waals surface area contributed by atoms with E-state index in [1.165, 1.54) is 7.11 Å². The van der Waals surface area contributed by atoms with Crippen molar-refractivity contribution in [3.05, 3.63) is 53.4 Å². The van der Waals surface area contributed by atoms with Crippen LogP contribution in [0.2, 0.25) is 5.02 Å². The van der Waals surface area contributed by atoms with Crippen molar-refractivity contribution in [2.45, 2.75) is 12.8 Å². The lowest BCUT2D eigenvalue weighted by Gasteiger charge is -2.11. The molecule has 0 spiro atoms. The van der Waals surface area contributed by atoms with Crippen molar-refractivity contribution in [1.29, 1.82) is 0 Å². The molecule has 0 saturated carbocycles. The first-order valence-electron chi connectivity index (χ1n) is 8.19. The number of amides is 1. The van der Waals surface area contributed by atoms with Gasteiger partial charge in [0.25, 0.3) is 0 Å². The molecule has 0 atom stereocenters. The van der Waals surface area contributed by atoms with Crippen LogP contribution >= 0.6 is 11.6 Å². The van der Waals surface area contributed by atoms with Gasteiger partial charge in [0.2, 0.25) is 17.7 Å². The van der Waals surface area contributed by atoms with Crippen LogP contribution in [0.15, 0.2) is 46.9 Å². The molecule has 0 saturated heterocycles. The van der Waals surface area contributed by atoms with Crippen LogP contribution in [0.4, 0.5) is 5.69 Å². The fraction of sp³-hybridized carbons (Fsp3) is 0.211. The van der Waals surface area contributed by atoms with Gasteiger partial charge in [0.15, 0.2) is 0 Å². The van der Waals surface area contributed by atoms with Gasteiger partial charge in [0.05, 0.1) is 19.9 Å². The number of halogens is 1. The smallest absolute Gasteiger partial charge is 0.247 e. The molecule has 0 radical (unpaired) electrons. The van der Waals surface area contributed by atoms with E-state index in [2.05, 4.69) is 15.5 Å². The number of methoxy groups -OCH3 is 2. The van der Waals surface area contributed by atoms with Gasteiger partial charge in [0.1, 0.15) is 11.5 Å². The van der Waals surface area contributed by atoms with E-state index in [1.54, 1.807) is 49.6 Å². The Morgan fingerprint density at radius 2 is 1.89 bits per heavy atom. The van der Waals surface area contributed by atoms with E-state index in [0.29, 0.717) is 40.4 Å². The second kappa shape index (κ2) is 8.55. The summed E-state index contributed by atoms with van der Waals surface area (Å²) in [7, 11) is 3.09. The third-order valence-electron chi connectivity index (χ3n) is 3.80. The van der Waals surface area contributed by atoms with Crippen LogP contribution in [0.25, 0.3) is 11.5 Å². The molecule has 0 unspecified atom stereocenters. The maximum absolute atomic E-state index is 12.3. The molecule has 1 heterocycles. The van der Waals surface area contributed by atoms with Gasteiger partial charge in [-0.2, -0.15) is 0 Å². The average molecular weight is 388 g/mol. The summed E-state index contributed by atoms with van der Waals surface area (Å²) in [5.41, 5.74) is 1.30. The molecule has 1 aromatic heterocycles. The van der Waals surface area contributed by atoms with E-state index < -0.39 is 0 Å². The fourth-order valence-corrected chi connectivity index (χ4v) is 2.53. The number of carbonyl (C=O) groups is 1. The Kier molecular flexibility index (Phi) is 5.93. The molecule has 0 aliphatic rings. The van der Waals surface area contributed by atoms with Crippen molar-refractivity contribution >= 4 is 23.2 Å². The molecule has 3 aromatic rings. The maximum Gasteiger partial charge on any atom is 0.247 e. The lowest BCUT2D eigenvalue weighted by Crippen LogP contribution is -2.13. The van der Waals surface area contributed by atoms with Crippen LogP contribution in [-0.4, -0.2) is 30.3 Å². The van der Waals surface area contributed by atoms with E-state index in [1.807, 2.05) is 0 Å². The summed E-state index contributed by atoms with van der Waals surface area (Å²) in [6.45, 7) is 0. The van der Waals surface area contributed by atoms with Crippen molar-refractivity contribution < 1.29 is 18.7 Å². The first kappa shape index (κ1) is 18.7. The third kappa shape index (κ3) is 4.77. The SMILES string of the molecule is COc1ccc(OC)c(NC(=O)CCc2nnc(-c3ccc(Cl)cc3)o2)c1. The maximum atomic E-state index is 12.3. The van der Waals surface area contributed by atoms with Gasteiger partial charge in [-0.3, -0.25) is 4.79 Å². The number of hydrogen-bond donors (Lipinski definition) is 1. The molecule has 7 nitrogen and oxygen atoms in total. The highest BCUT2D eigenvalue weighted by molar-refractivity contribution is 6.30. The zero-order chi connectivity index (χ0) is 19.2. The molecule has 1 N–H and O–H groups in total. The number of carbonyl (C=O) groups excluding carboxylic acids is 1. The first-order chi connectivity index (χ1) is 13.1. The average Bonchev–Trinajstić information content (AvgIpc) is 3.16. The van der Waals surface area contributed by atoms with Crippen LogP contribution in [0.3, 0.4) is 0 Å². The zero-order valence-corrected chi connectivity index (χ0v) is 15.6. The number of aryl methyl sites for hydroxylation is 1. The fourth-order valence-electron chi connectivity index (χ4n) is 2.41. The molecule has 0 fully saturated rings. The van der Waals surface area contributed by atoms with Crippen LogP contribution in [0.1, 0.15) is 12.3 Å². The highest BCUT2D eigenvalue weighted by Gasteiger charge is 2.13. The topological polar surface area (TPSA) is 86.5 Å². The molecule has 8 heteroatoms. The van der Waals surface area contributed by atoms with Gasteiger partial charge in [-0.25, -0.2) is 0 Å². The lowest BCUT2D eigenvalue weighted by molar-refractivity contribution is -0.116. The van der Waals surface area contributed by atoms with Crippen molar-refractivity contribution in [3.8, 4) is 23.0 Å². The molecule has 1 amide bonds. The Hall–Kier alpha value is -3.06. The molecule has 140 valence electrons. The Labute approximate surface area is 161 Å². The molecule has 0 bridgehead atoms. The number of nitrogens with one attached hydrogen (secondary N) is 1. The second-order valence-electron chi connectivity index (χ2n) is 5.62. The van der Waals surface area contributed by atoms with Crippen molar-refractivity contribution in [1.82, 2.24) is 10.2 Å². The summed E-state index contributed by atoms with van der Waals surface area (Å²) in [5, 5.41) is 11.4. The van der Waals surface area contributed by atoms with Crippen molar-refractivity contribution in [3.63, 3.8) is 0 Å². The van der Waals surface area contributed by atoms with Gasteiger partial charge < -0.3 is 19.2 Å². The highest BCUT2D eigenvalue weighted by Crippen LogP contribution is 2.29. The minimum atomic E-state index is -0.201. The Morgan fingerprint density at radius 3 is 2.59 bits per heavy atom. The van der Waals surface area contributed by atoms with Crippen LogP contribution < -0.4 is 14.8 Å². The summed E-state index contributed by atoms with van der Waals surface area (Å²) in [6.07, 6.45) is 0.501. The molecule has 2 aromatic carbocycles. The highest BCUT2D eigenvalue weighted by atomic mass is 35.5. The summed E-state index contributed by atoms with van der Waals surface area (Å²) < 4.78 is 16.0. The van der Waals surface area contributed by atoms with Crippen molar-refractivity contribution in [2.24, 2.45) is 0 Å². The largest absolute Gasteiger partial charge is 0.497 e.